The van der Waals surface area contributed by atoms with Crippen LogP contribution in [0.1, 0.15) is 26.2 Å². The Morgan fingerprint density at radius 1 is 1.15 bits per heavy atom. The summed E-state index contributed by atoms with van der Waals surface area (Å²) in [7, 11) is 0. The second-order valence-electron chi connectivity index (χ2n) is 3.45. The van der Waals surface area contributed by atoms with Crippen molar-refractivity contribution in [2.45, 2.75) is 38.3 Å². The average molecular weight is 180 g/mol. The molecule has 0 bridgehead atoms. The lowest BCUT2D eigenvalue weighted by molar-refractivity contribution is 0.301. The number of hydrogen-bond acceptors (Lipinski definition) is 4. The van der Waals surface area contributed by atoms with E-state index in [1.54, 1.807) is 12.2 Å². The smallest absolute Gasteiger partial charge is 0.211 e. The molecule has 0 N–H and O–H groups in total. The van der Waals surface area contributed by atoms with Crippen LogP contribution in [-0.2, 0) is 9.59 Å². The molecule has 0 aliphatic heterocycles. The van der Waals surface area contributed by atoms with Crippen LogP contribution >= 0.6 is 0 Å². The van der Waals surface area contributed by atoms with E-state index in [-0.39, 0.29) is 12.1 Å². The average Bonchev–Trinajstić information content (AvgIpc) is 2.10. The van der Waals surface area contributed by atoms with Crippen LogP contribution in [0.3, 0.4) is 0 Å². The van der Waals surface area contributed by atoms with Crippen LogP contribution in [0.25, 0.3) is 0 Å². The van der Waals surface area contributed by atoms with E-state index in [4.69, 9.17) is 0 Å². The van der Waals surface area contributed by atoms with E-state index in [1.165, 1.54) is 0 Å². The number of rotatable bonds is 2. The molecule has 3 atom stereocenters. The first-order valence-corrected chi connectivity index (χ1v) is 4.42. The molecule has 13 heavy (non-hydrogen) atoms. The van der Waals surface area contributed by atoms with Gasteiger partial charge in [-0.05, 0) is 25.2 Å². The summed E-state index contributed by atoms with van der Waals surface area (Å²) in [5.41, 5.74) is 0. The summed E-state index contributed by atoms with van der Waals surface area (Å²) in [6.07, 6.45) is 5.59. The maximum atomic E-state index is 10.0. The second-order valence-corrected chi connectivity index (χ2v) is 3.45. The fourth-order valence-electron chi connectivity index (χ4n) is 1.80. The summed E-state index contributed by atoms with van der Waals surface area (Å²) in [5, 5.41) is 0. The molecular formula is C9H12N2O2. The van der Waals surface area contributed by atoms with Gasteiger partial charge in [0, 0.05) is 0 Å². The lowest BCUT2D eigenvalue weighted by Crippen LogP contribution is -2.27. The number of nitrogens with zero attached hydrogens (tertiary/aromatic N) is 2. The SMILES string of the molecule is CC1CC(N=C=O)CCC1N=C=O. The summed E-state index contributed by atoms with van der Waals surface area (Å²) < 4.78 is 0. The van der Waals surface area contributed by atoms with Crippen molar-refractivity contribution >= 4 is 12.2 Å². The van der Waals surface area contributed by atoms with Crippen LogP contribution < -0.4 is 0 Å². The minimum Gasteiger partial charge on any atom is -0.211 e. The fourth-order valence-corrected chi connectivity index (χ4v) is 1.80. The van der Waals surface area contributed by atoms with E-state index in [1.807, 2.05) is 6.92 Å². The van der Waals surface area contributed by atoms with Crippen molar-refractivity contribution in [3.8, 4) is 0 Å². The minimum atomic E-state index is 0.0654. The van der Waals surface area contributed by atoms with E-state index >= 15 is 0 Å². The first kappa shape index (κ1) is 9.85. The predicted molar refractivity (Wildman–Crippen MR) is 46.8 cm³/mol. The van der Waals surface area contributed by atoms with Gasteiger partial charge >= 0.3 is 0 Å². The molecular weight excluding hydrogens is 168 g/mol. The topological polar surface area (TPSA) is 58.9 Å². The van der Waals surface area contributed by atoms with Gasteiger partial charge in [-0.3, -0.25) is 0 Å². The van der Waals surface area contributed by atoms with Crippen LogP contribution in [0.2, 0.25) is 0 Å². The molecule has 0 spiro atoms. The van der Waals surface area contributed by atoms with Crippen LogP contribution in [0.15, 0.2) is 9.98 Å². The molecule has 1 rings (SSSR count). The summed E-state index contributed by atoms with van der Waals surface area (Å²) in [5.74, 6) is 0.303. The van der Waals surface area contributed by atoms with Gasteiger partial charge in [0.1, 0.15) is 0 Å². The van der Waals surface area contributed by atoms with Gasteiger partial charge in [0.25, 0.3) is 0 Å². The maximum Gasteiger partial charge on any atom is 0.235 e. The summed E-state index contributed by atoms with van der Waals surface area (Å²) in [6.45, 7) is 2.01. The van der Waals surface area contributed by atoms with Gasteiger partial charge in [0.05, 0.1) is 12.1 Å². The third kappa shape index (κ3) is 2.62. The molecule has 1 saturated carbocycles. The van der Waals surface area contributed by atoms with E-state index in [0.29, 0.717) is 5.92 Å². The quantitative estimate of drug-likeness (QED) is 0.473. The summed E-state index contributed by atoms with van der Waals surface area (Å²) in [4.78, 5) is 27.5. The molecule has 0 heterocycles. The highest BCUT2D eigenvalue weighted by atomic mass is 16.1. The van der Waals surface area contributed by atoms with Crippen molar-refractivity contribution in [2.75, 3.05) is 0 Å². The Labute approximate surface area is 76.8 Å². The van der Waals surface area contributed by atoms with Crippen molar-refractivity contribution in [2.24, 2.45) is 15.9 Å². The van der Waals surface area contributed by atoms with Crippen LogP contribution in [0, 0.1) is 5.92 Å². The van der Waals surface area contributed by atoms with Gasteiger partial charge < -0.3 is 0 Å². The normalized spacial score (nSPS) is 32.8. The molecule has 70 valence electrons. The molecule has 1 fully saturated rings. The zero-order valence-electron chi connectivity index (χ0n) is 7.56. The number of carbonyl (C=O) groups excluding carboxylic acids is 2. The highest BCUT2D eigenvalue weighted by Gasteiger charge is 2.26. The van der Waals surface area contributed by atoms with Crippen molar-refractivity contribution in [1.29, 1.82) is 0 Å². The van der Waals surface area contributed by atoms with Gasteiger partial charge in [0.2, 0.25) is 12.2 Å². The van der Waals surface area contributed by atoms with Crippen molar-refractivity contribution in [1.82, 2.24) is 0 Å². The highest BCUT2D eigenvalue weighted by molar-refractivity contribution is 5.34. The van der Waals surface area contributed by atoms with Crippen LogP contribution in [-0.4, -0.2) is 24.2 Å². The summed E-state index contributed by atoms with van der Waals surface area (Å²) >= 11 is 0. The Bertz CT molecular complexity index is 265. The van der Waals surface area contributed by atoms with Gasteiger partial charge in [0.15, 0.2) is 0 Å². The molecule has 1 aliphatic carbocycles. The summed E-state index contributed by atoms with van der Waals surface area (Å²) in [6, 6.07) is 0.140. The molecule has 4 nitrogen and oxygen atoms in total. The second kappa shape index (κ2) is 4.70. The van der Waals surface area contributed by atoms with Crippen molar-refractivity contribution in [3.63, 3.8) is 0 Å². The van der Waals surface area contributed by atoms with Gasteiger partial charge in [-0.15, -0.1) is 0 Å². The minimum absolute atomic E-state index is 0.0654. The van der Waals surface area contributed by atoms with E-state index < -0.39 is 0 Å². The van der Waals surface area contributed by atoms with E-state index in [9.17, 15) is 9.59 Å². The number of isocyanates is 2. The molecule has 0 radical (unpaired) electrons. The number of aliphatic imine (C=N–C) groups is 2. The van der Waals surface area contributed by atoms with E-state index in [2.05, 4.69) is 9.98 Å². The van der Waals surface area contributed by atoms with Gasteiger partial charge in [-0.25, -0.2) is 19.6 Å². The third-order valence-electron chi connectivity index (χ3n) is 2.55. The Balaban J connectivity index is 2.55. The Kier molecular flexibility index (Phi) is 3.56. The lowest BCUT2D eigenvalue weighted by Gasteiger charge is -2.27. The Morgan fingerprint density at radius 3 is 2.38 bits per heavy atom. The molecule has 0 amide bonds. The highest BCUT2D eigenvalue weighted by Crippen LogP contribution is 2.28. The zero-order valence-corrected chi connectivity index (χ0v) is 7.56. The molecule has 0 saturated heterocycles. The van der Waals surface area contributed by atoms with Crippen LogP contribution in [0.4, 0.5) is 0 Å². The number of hydrogen-bond donors (Lipinski definition) is 0. The van der Waals surface area contributed by atoms with Crippen molar-refractivity contribution < 1.29 is 9.59 Å². The van der Waals surface area contributed by atoms with Crippen molar-refractivity contribution in [3.05, 3.63) is 0 Å². The van der Waals surface area contributed by atoms with Gasteiger partial charge in [-0.1, -0.05) is 6.92 Å². The van der Waals surface area contributed by atoms with E-state index in [0.717, 1.165) is 19.3 Å². The first-order chi connectivity index (χ1) is 6.27. The Morgan fingerprint density at radius 2 is 1.85 bits per heavy atom. The molecule has 1 aliphatic rings. The Hall–Kier alpha value is -1.24. The monoisotopic (exact) mass is 180 g/mol. The molecule has 0 aromatic carbocycles. The zero-order chi connectivity index (χ0) is 9.68. The standard InChI is InChI=1S/C9H12N2O2/c1-7-4-8(10-5-12)2-3-9(7)11-6-13/h7-9H,2-4H2,1H3. The molecule has 0 aromatic heterocycles. The molecule has 4 heteroatoms. The predicted octanol–water partition coefficient (Wildman–Crippen LogP) is 1.22. The van der Waals surface area contributed by atoms with Crippen LogP contribution in [0.5, 0.6) is 0 Å². The maximum absolute atomic E-state index is 10.0. The largest absolute Gasteiger partial charge is 0.235 e. The van der Waals surface area contributed by atoms with Gasteiger partial charge in [-0.2, -0.15) is 0 Å². The first-order valence-electron chi connectivity index (χ1n) is 4.42. The lowest BCUT2D eigenvalue weighted by atomic mass is 9.83. The third-order valence-corrected chi connectivity index (χ3v) is 2.55. The fraction of sp³-hybridized carbons (Fsp3) is 0.778. The molecule has 3 unspecified atom stereocenters. The molecule has 0 aromatic rings.